The fourth-order valence-corrected chi connectivity index (χ4v) is 2.95. The van der Waals surface area contributed by atoms with E-state index in [0.29, 0.717) is 11.8 Å². The molecule has 1 amide bonds. The van der Waals surface area contributed by atoms with Crippen molar-refractivity contribution in [2.75, 3.05) is 0 Å². The van der Waals surface area contributed by atoms with E-state index in [1.165, 1.54) is 32.1 Å². The van der Waals surface area contributed by atoms with E-state index >= 15 is 0 Å². The third-order valence-electron chi connectivity index (χ3n) is 4.09. The average molecular weight is 271 g/mol. The summed E-state index contributed by atoms with van der Waals surface area (Å²) < 4.78 is 5.62. The molecule has 1 N–H and O–H groups in total. The number of para-hydroxylation sites is 1. The number of carbonyl (C=O) groups is 1. The van der Waals surface area contributed by atoms with Crippen molar-refractivity contribution in [3.8, 4) is 0 Å². The van der Waals surface area contributed by atoms with Gasteiger partial charge in [0.15, 0.2) is 5.76 Å². The van der Waals surface area contributed by atoms with Crippen LogP contribution in [0, 0.1) is 0 Å². The van der Waals surface area contributed by atoms with E-state index in [0.717, 1.165) is 23.8 Å². The third-order valence-corrected chi connectivity index (χ3v) is 4.09. The first-order chi connectivity index (χ1) is 9.83. The van der Waals surface area contributed by atoms with Crippen molar-refractivity contribution < 1.29 is 9.21 Å². The minimum absolute atomic E-state index is 0.0771. The Balaban J connectivity index is 1.68. The lowest BCUT2D eigenvalue weighted by Gasteiger charge is -2.20. The molecule has 106 valence electrons. The Morgan fingerprint density at radius 3 is 2.50 bits per heavy atom. The fourth-order valence-electron chi connectivity index (χ4n) is 2.95. The van der Waals surface area contributed by atoms with Crippen LogP contribution in [0.5, 0.6) is 0 Å². The Morgan fingerprint density at radius 2 is 1.75 bits per heavy atom. The Labute approximate surface area is 119 Å². The lowest BCUT2D eigenvalue weighted by Crippen LogP contribution is -2.35. The summed E-state index contributed by atoms with van der Waals surface area (Å²) in [5.74, 6) is 0.347. The molecule has 20 heavy (non-hydrogen) atoms. The molecule has 1 heterocycles. The van der Waals surface area contributed by atoms with Crippen molar-refractivity contribution in [3.05, 3.63) is 36.1 Å². The van der Waals surface area contributed by atoms with Gasteiger partial charge in [0.2, 0.25) is 0 Å². The molecule has 1 aliphatic rings. The molecule has 3 heteroatoms. The number of carbonyl (C=O) groups excluding carboxylic acids is 1. The molecule has 3 nitrogen and oxygen atoms in total. The molecule has 2 aromatic rings. The molecule has 0 aliphatic heterocycles. The van der Waals surface area contributed by atoms with E-state index in [1.807, 2.05) is 30.3 Å². The van der Waals surface area contributed by atoms with Crippen molar-refractivity contribution >= 4 is 16.9 Å². The average Bonchev–Trinajstić information content (AvgIpc) is 2.85. The van der Waals surface area contributed by atoms with Gasteiger partial charge < -0.3 is 9.73 Å². The molecule has 0 spiro atoms. The van der Waals surface area contributed by atoms with Crippen LogP contribution in [0.25, 0.3) is 11.0 Å². The van der Waals surface area contributed by atoms with E-state index < -0.39 is 0 Å². The lowest BCUT2D eigenvalue weighted by atomic mass is 9.97. The lowest BCUT2D eigenvalue weighted by molar-refractivity contribution is 0.0904. The molecule has 1 aliphatic carbocycles. The number of hydrogen-bond donors (Lipinski definition) is 1. The maximum absolute atomic E-state index is 12.3. The van der Waals surface area contributed by atoms with Gasteiger partial charge >= 0.3 is 0 Å². The zero-order chi connectivity index (χ0) is 13.8. The van der Waals surface area contributed by atoms with E-state index in [2.05, 4.69) is 5.32 Å². The van der Waals surface area contributed by atoms with E-state index in [-0.39, 0.29) is 5.91 Å². The van der Waals surface area contributed by atoms with Gasteiger partial charge in [0, 0.05) is 11.4 Å². The van der Waals surface area contributed by atoms with Crippen LogP contribution in [0.1, 0.15) is 55.5 Å². The maximum atomic E-state index is 12.3. The molecule has 1 fully saturated rings. The summed E-state index contributed by atoms with van der Waals surface area (Å²) in [5.41, 5.74) is 0.773. The van der Waals surface area contributed by atoms with Gasteiger partial charge in [-0.25, -0.2) is 0 Å². The number of nitrogens with one attached hydrogen (secondary N) is 1. The number of fused-ring (bicyclic) bond motifs is 1. The molecular weight excluding hydrogens is 250 g/mol. The quantitative estimate of drug-likeness (QED) is 0.886. The molecule has 1 saturated carbocycles. The highest BCUT2D eigenvalue weighted by molar-refractivity contribution is 5.96. The predicted molar refractivity (Wildman–Crippen MR) is 79.8 cm³/mol. The second-order valence-corrected chi connectivity index (χ2v) is 5.66. The van der Waals surface area contributed by atoms with Gasteiger partial charge in [0.1, 0.15) is 5.58 Å². The van der Waals surface area contributed by atoms with Gasteiger partial charge in [-0.15, -0.1) is 0 Å². The van der Waals surface area contributed by atoms with Crippen LogP contribution >= 0.6 is 0 Å². The van der Waals surface area contributed by atoms with Crippen molar-refractivity contribution in [3.63, 3.8) is 0 Å². The van der Waals surface area contributed by atoms with Crippen LogP contribution in [0.15, 0.2) is 34.7 Å². The van der Waals surface area contributed by atoms with Crippen LogP contribution in [0.2, 0.25) is 0 Å². The van der Waals surface area contributed by atoms with Gasteiger partial charge in [0.05, 0.1) is 0 Å². The second-order valence-electron chi connectivity index (χ2n) is 5.66. The largest absolute Gasteiger partial charge is 0.451 e. The summed E-state index contributed by atoms with van der Waals surface area (Å²) in [6.07, 6.45) is 8.52. The molecule has 0 bridgehead atoms. The number of benzene rings is 1. The second kappa shape index (κ2) is 6.12. The van der Waals surface area contributed by atoms with Crippen LogP contribution in [0.4, 0.5) is 0 Å². The van der Waals surface area contributed by atoms with Gasteiger partial charge in [-0.1, -0.05) is 50.3 Å². The van der Waals surface area contributed by atoms with Crippen LogP contribution < -0.4 is 5.32 Å². The Hall–Kier alpha value is -1.77. The minimum Gasteiger partial charge on any atom is -0.451 e. The number of amides is 1. The SMILES string of the molecule is O=C(NC1CCCCCCC1)c1cc2ccccc2o1. The monoisotopic (exact) mass is 271 g/mol. The fraction of sp³-hybridized carbons (Fsp3) is 0.471. The number of hydrogen-bond acceptors (Lipinski definition) is 2. The molecular formula is C17H21NO2. The molecule has 0 atom stereocenters. The summed E-state index contributed by atoms with van der Waals surface area (Å²) in [5, 5.41) is 4.11. The normalized spacial score (nSPS) is 17.6. The van der Waals surface area contributed by atoms with Gasteiger partial charge in [-0.3, -0.25) is 4.79 Å². The van der Waals surface area contributed by atoms with Crippen LogP contribution in [-0.4, -0.2) is 11.9 Å². The highest BCUT2D eigenvalue weighted by atomic mass is 16.3. The first-order valence-electron chi connectivity index (χ1n) is 7.62. The van der Waals surface area contributed by atoms with Crippen molar-refractivity contribution in [1.29, 1.82) is 0 Å². The molecule has 1 aromatic heterocycles. The van der Waals surface area contributed by atoms with Crippen molar-refractivity contribution in [2.24, 2.45) is 0 Å². The van der Waals surface area contributed by atoms with E-state index in [9.17, 15) is 4.79 Å². The van der Waals surface area contributed by atoms with Gasteiger partial charge in [-0.2, -0.15) is 0 Å². The zero-order valence-electron chi connectivity index (χ0n) is 11.7. The molecule has 1 aromatic carbocycles. The van der Waals surface area contributed by atoms with Crippen molar-refractivity contribution in [2.45, 2.75) is 51.0 Å². The highest BCUT2D eigenvalue weighted by Crippen LogP contribution is 2.20. The maximum Gasteiger partial charge on any atom is 0.287 e. The van der Waals surface area contributed by atoms with E-state index in [4.69, 9.17) is 4.42 Å². The summed E-state index contributed by atoms with van der Waals surface area (Å²) >= 11 is 0. The zero-order valence-corrected chi connectivity index (χ0v) is 11.7. The van der Waals surface area contributed by atoms with Gasteiger partial charge in [-0.05, 0) is 25.0 Å². The first kappa shape index (κ1) is 13.2. The predicted octanol–water partition coefficient (Wildman–Crippen LogP) is 4.28. The Bertz CT molecular complexity index is 546. The summed E-state index contributed by atoms with van der Waals surface area (Å²) in [6, 6.07) is 9.86. The highest BCUT2D eigenvalue weighted by Gasteiger charge is 2.17. The smallest absolute Gasteiger partial charge is 0.287 e. The topological polar surface area (TPSA) is 42.2 Å². The van der Waals surface area contributed by atoms with E-state index in [1.54, 1.807) is 0 Å². The first-order valence-corrected chi connectivity index (χ1v) is 7.62. The van der Waals surface area contributed by atoms with Gasteiger partial charge in [0.25, 0.3) is 5.91 Å². The minimum atomic E-state index is -0.0771. The summed E-state index contributed by atoms with van der Waals surface area (Å²) in [4.78, 5) is 12.3. The molecule has 0 unspecified atom stereocenters. The number of furan rings is 1. The van der Waals surface area contributed by atoms with Crippen LogP contribution in [0.3, 0.4) is 0 Å². The Kier molecular flexibility index (Phi) is 4.05. The van der Waals surface area contributed by atoms with Crippen LogP contribution in [-0.2, 0) is 0 Å². The summed E-state index contributed by atoms with van der Waals surface area (Å²) in [7, 11) is 0. The Morgan fingerprint density at radius 1 is 1.05 bits per heavy atom. The molecule has 0 radical (unpaired) electrons. The third kappa shape index (κ3) is 3.03. The molecule has 0 saturated heterocycles. The standard InChI is InChI=1S/C17H21NO2/c19-17(18-14-9-4-2-1-3-5-10-14)16-12-13-8-6-7-11-15(13)20-16/h6-8,11-12,14H,1-5,9-10H2,(H,18,19). The number of rotatable bonds is 2. The van der Waals surface area contributed by atoms with Crippen molar-refractivity contribution in [1.82, 2.24) is 5.32 Å². The molecule has 3 rings (SSSR count). The summed E-state index contributed by atoms with van der Waals surface area (Å²) in [6.45, 7) is 0.